The van der Waals surface area contributed by atoms with Gasteiger partial charge in [0.15, 0.2) is 0 Å². The van der Waals surface area contributed by atoms with E-state index in [-0.39, 0.29) is 0 Å². The highest BCUT2D eigenvalue weighted by molar-refractivity contribution is 5.03. The summed E-state index contributed by atoms with van der Waals surface area (Å²) in [6, 6.07) is 0. The number of rotatable bonds is 5. The molecule has 0 amide bonds. The van der Waals surface area contributed by atoms with Crippen molar-refractivity contribution in [1.29, 1.82) is 0 Å². The van der Waals surface area contributed by atoms with Crippen molar-refractivity contribution in [1.82, 2.24) is 15.6 Å². The van der Waals surface area contributed by atoms with E-state index >= 15 is 0 Å². The number of hydrogen-bond donors (Lipinski definition) is 1. The van der Waals surface area contributed by atoms with Crippen molar-refractivity contribution in [2.45, 2.75) is 52.5 Å². The van der Waals surface area contributed by atoms with E-state index in [1.165, 1.54) is 32.1 Å². The molecule has 0 spiro atoms. The first-order valence-corrected chi connectivity index (χ1v) is 6.78. The predicted molar refractivity (Wildman–Crippen MR) is 66.5 cm³/mol. The van der Waals surface area contributed by atoms with Gasteiger partial charge in [-0.2, -0.15) is 0 Å². The van der Waals surface area contributed by atoms with Crippen LogP contribution in [0.15, 0.2) is 4.63 Å². The molecule has 0 saturated heterocycles. The molecule has 4 heteroatoms. The van der Waals surface area contributed by atoms with Crippen molar-refractivity contribution < 1.29 is 4.63 Å². The minimum absolute atomic E-state index is 0.781. The smallest absolute Gasteiger partial charge is 0.121 e. The Morgan fingerprint density at radius 2 is 1.88 bits per heavy atom. The number of nitrogens with zero attached hydrogens (tertiary/aromatic N) is 2. The average molecular weight is 237 g/mol. The second kappa shape index (κ2) is 6.15. The van der Waals surface area contributed by atoms with Crippen LogP contribution in [0.1, 0.15) is 50.4 Å². The molecule has 1 aliphatic carbocycles. The molecule has 2 rings (SSSR count). The number of aryl methyl sites for hydroxylation is 1. The standard InChI is InChI=1S/C13H23N3O/c1-3-11-4-6-12(7-5-11)8-14-9-13-10(2)15-17-16-13/h11-12,14H,3-9H2,1-2H3. The molecule has 0 aromatic carbocycles. The van der Waals surface area contributed by atoms with Crippen LogP contribution in [0.2, 0.25) is 0 Å². The van der Waals surface area contributed by atoms with Gasteiger partial charge in [0.1, 0.15) is 11.4 Å². The fourth-order valence-electron chi connectivity index (χ4n) is 2.65. The molecule has 1 fully saturated rings. The maximum absolute atomic E-state index is 4.68. The monoisotopic (exact) mass is 237 g/mol. The van der Waals surface area contributed by atoms with Gasteiger partial charge >= 0.3 is 0 Å². The van der Waals surface area contributed by atoms with E-state index in [9.17, 15) is 0 Å². The largest absolute Gasteiger partial charge is 0.311 e. The molecule has 4 nitrogen and oxygen atoms in total. The van der Waals surface area contributed by atoms with Crippen molar-refractivity contribution in [3.8, 4) is 0 Å². The van der Waals surface area contributed by atoms with Gasteiger partial charge in [0.2, 0.25) is 0 Å². The molecule has 1 N–H and O–H groups in total. The summed E-state index contributed by atoms with van der Waals surface area (Å²) in [4.78, 5) is 0. The highest BCUT2D eigenvalue weighted by Crippen LogP contribution is 2.30. The molecule has 96 valence electrons. The Hall–Kier alpha value is -0.900. The van der Waals surface area contributed by atoms with Crippen molar-refractivity contribution in [3.63, 3.8) is 0 Å². The predicted octanol–water partition coefficient (Wildman–Crippen LogP) is 2.68. The van der Waals surface area contributed by atoms with E-state index in [0.717, 1.165) is 36.3 Å². The maximum Gasteiger partial charge on any atom is 0.121 e. The molecule has 17 heavy (non-hydrogen) atoms. The number of hydrogen-bond acceptors (Lipinski definition) is 4. The quantitative estimate of drug-likeness (QED) is 0.855. The topological polar surface area (TPSA) is 51.0 Å². The molecular weight excluding hydrogens is 214 g/mol. The summed E-state index contributed by atoms with van der Waals surface area (Å²) in [6.07, 6.45) is 6.92. The van der Waals surface area contributed by atoms with Crippen LogP contribution >= 0.6 is 0 Å². The van der Waals surface area contributed by atoms with Gasteiger partial charge in [-0.3, -0.25) is 0 Å². The van der Waals surface area contributed by atoms with E-state index in [4.69, 9.17) is 0 Å². The summed E-state index contributed by atoms with van der Waals surface area (Å²) in [5.74, 6) is 1.83. The van der Waals surface area contributed by atoms with Crippen LogP contribution in [0, 0.1) is 18.8 Å². The van der Waals surface area contributed by atoms with Gasteiger partial charge in [-0.1, -0.05) is 36.5 Å². The molecule has 1 aromatic rings. The van der Waals surface area contributed by atoms with Crippen LogP contribution in [0.3, 0.4) is 0 Å². The van der Waals surface area contributed by atoms with Gasteiger partial charge in [-0.05, 0) is 38.1 Å². The lowest BCUT2D eigenvalue weighted by molar-refractivity contribution is 0.261. The molecule has 1 aliphatic rings. The third kappa shape index (κ3) is 3.53. The van der Waals surface area contributed by atoms with Crippen LogP contribution in [-0.4, -0.2) is 16.9 Å². The lowest BCUT2D eigenvalue weighted by Gasteiger charge is -2.27. The maximum atomic E-state index is 4.68. The van der Waals surface area contributed by atoms with Crippen molar-refractivity contribution in [2.24, 2.45) is 11.8 Å². The molecule has 0 aliphatic heterocycles. The first-order chi connectivity index (χ1) is 8.29. The zero-order valence-electron chi connectivity index (χ0n) is 10.9. The second-order valence-corrected chi connectivity index (χ2v) is 5.22. The van der Waals surface area contributed by atoms with Gasteiger partial charge < -0.3 is 5.32 Å². The molecule has 1 heterocycles. The van der Waals surface area contributed by atoms with E-state index < -0.39 is 0 Å². The van der Waals surface area contributed by atoms with Crippen LogP contribution in [-0.2, 0) is 6.54 Å². The molecule has 0 unspecified atom stereocenters. The number of aromatic nitrogens is 2. The lowest BCUT2D eigenvalue weighted by atomic mass is 9.81. The molecule has 0 bridgehead atoms. The van der Waals surface area contributed by atoms with Gasteiger partial charge in [0.05, 0.1) is 0 Å². The minimum Gasteiger partial charge on any atom is -0.311 e. The Morgan fingerprint density at radius 1 is 1.18 bits per heavy atom. The minimum atomic E-state index is 0.781. The van der Waals surface area contributed by atoms with Crippen molar-refractivity contribution in [3.05, 3.63) is 11.4 Å². The SMILES string of the molecule is CCC1CCC(CNCc2nonc2C)CC1. The van der Waals surface area contributed by atoms with E-state index in [1.54, 1.807) is 0 Å². The van der Waals surface area contributed by atoms with Crippen LogP contribution < -0.4 is 5.32 Å². The highest BCUT2D eigenvalue weighted by Gasteiger charge is 2.19. The molecule has 0 radical (unpaired) electrons. The Labute approximate surface area is 103 Å². The van der Waals surface area contributed by atoms with Gasteiger partial charge in [-0.15, -0.1) is 0 Å². The van der Waals surface area contributed by atoms with E-state index in [1.807, 2.05) is 6.92 Å². The van der Waals surface area contributed by atoms with Crippen LogP contribution in [0.5, 0.6) is 0 Å². The summed E-state index contributed by atoms with van der Waals surface area (Å²) < 4.78 is 4.68. The van der Waals surface area contributed by atoms with E-state index in [0.29, 0.717) is 0 Å². The Bertz CT molecular complexity index is 329. The normalized spacial score (nSPS) is 25.1. The molecular formula is C13H23N3O. The molecule has 1 saturated carbocycles. The fraction of sp³-hybridized carbons (Fsp3) is 0.846. The first-order valence-electron chi connectivity index (χ1n) is 6.78. The third-order valence-electron chi connectivity index (χ3n) is 4.02. The fourth-order valence-corrected chi connectivity index (χ4v) is 2.65. The highest BCUT2D eigenvalue weighted by atomic mass is 16.6. The Balaban J connectivity index is 1.65. The number of nitrogens with one attached hydrogen (secondary N) is 1. The summed E-state index contributed by atoms with van der Waals surface area (Å²) in [7, 11) is 0. The van der Waals surface area contributed by atoms with Crippen LogP contribution in [0.4, 0.5) is 0 Å². The van der Waals surface area contributed by atoms with Crippen LogP contribution in [0.25, 0.3) is 0 Å². The average Bonchev–Trinajstić information content (AvgIpc) is 2.76. The zero-order chi connectivity index (χ0) is 12.1. The molecule has 0 atom stereocenters. The summed E-state index contributed by atoms with van der Waals surface area (Å²) >= 11 is 0. The first kappa shape index (κ1) is 12.6. The Kier molecular flexibility index (Phi) is 4.54. The van der Waals surface area contributed by atoms with E-state index in [2.05, 4.69) is 27.2 Å². The zero-order valence-corrected chi connectivity index (χ0v) is 10.9. The summed E-state index contributed by atoms with van der Waals surface area (Å²) in [5, 5.41) is 11.1. The summed E-state index contributed by atoms with van der Waals surface area (Å²) in [6.45, 7) is 6.12. The van der Waals surface area contributed by atoms with Crippen molar-refractivity contribution >= 4 is 0 Å². The summed E-state index contributed by atoms with van der Waals surface area (Å²) in [5.41, 5.74) is 1.83. The lowest BCUT2D eigenvalue weighted by Crippen LogP contribution is -2.26. The van der Waals surface area contributed by atoms with Gasteiger partial charge in [0, 0.05) is 6.54 Å². The third-order valence-corrected chi connectivity index (χ3v) is 4.02. The van der Waals surface area contributed by atoms with Gasteiger partial charge in [0.25, 0.3) is 0 Å². The van der Waals surface area contributed by atoms with Gasteiger partial charge in [-0.25, -0.2) is 4.63 Å². The molecule has 1 aromatic heterocycles. The van der Waals surface area contributed by atoms with Crippen molar-refractivity contribution in [2.75, 3.05) is 6.54 Å². The Morgan fingerprint density at radius 3 is 2.47 bits per heavy atom. The second-order valence-electron chi connectivity index (χ2n) is 5.22.